The summed E-state index contributed by atoms with van der Waals surface area (Å²) in [6.07, 6.45) is 6.64. The van der Waals surface area contributed by atoms with E-state index in [0.717, 1.165) is 62.0 Å². The smallest absolute Gasteiger partial charge is 0.267 e. The van der Waals surface area contributed by atoms with Gasteiger partial charge in [-0.05, 0) is 62.5 Å². The van der Waals surface area contributed by atoms with Crippen molar-refractivity contribution in [3.63, 3.8) is 0 Å². The molecule has 1 saturated heterocycles. The maximum Gasteiger partial charge on any atom is 0.267 e. The van der Waals surface area contributed by atoms with Gasteiger partial charge in [-0.1, -0.05) is 29.8 Å². The molecule has 1 aromatic heterocycles. The van der Waals surface area contributed by atoms with Gasteiger partial charge in [0.1, 0.15) is 0 Å². The van der Waals surface area contributed by atoms with Crippen LogP contribution in [-0.2, 0) is 30.6 Å². The molecular weight excluding hydrogens is 350 g/mol. The van der Waals surface area contributed by atoms with Gasteiger partial charge in [-0.2, -0.15) is 5.10 Å². The molecule has 1 aromatic carbocycles. The van der Waals surface area contributed by atoms with Crippen LogP contribution in [-0.4, -0.2) is 33.7 Å². The Balaban J connectivity index is 1.32. The molecule has 5 nitrogen and oxygen atoms in total. The Hall–Kier alpha value is -2.43. The molecule has 1 aliphatic carbocycles. The molecule has 2 heterocycles. The van der Waals surface area contributed by atoms with Crippen molar-refractivity contribution in [2.45, 2.75) is 58.4 Å². The molecule has 28 heavy (non-hydrogen) atoms. The van der Waals surface area contributed by atoms with E-state index in [4.69, 9.17) is 0 Å². The molecule has 1 fully saturated rings. The van der Waals surface area contributed by atoms with Crippen LogP contribution in [0.2, 0.25) is 0 Å². The predicted molar refractivity (Wildman–Crippen MR) is 109 cm³/mol. The van der Waals surface area contributed by atoms with E-state index in [1.165, 1.54) is 12.0 Å². The monoisotopic (exact) mass is 379 g/mol. The number of fused-ring (bicyclic) bond motifs is 1. The van der Waals surface area contributed by atoms with Crippen LogP contribution in [0.15, 0.2) is 35.1 Å². The highest BCUT2D eigenvalue weighted by molar-refractivity contribution is 5.78. The number of nitrogens with zero attached hydrogens (tertiary/aromatic N) is 3. The maximum atomic E-state index is 12.6. The van der Waals surface area contributed by atoms with Crippen LogP contribution in [0.5, 0.6) is 0 Å². The summed E-state index contributed by atoms with van der Waals surface area (Å²) in [6, 6.07) is 9.97. The van der Waals surface area contributed by atoms with Crippen LogP contribution in [0.1, 0.15) is 48.1 Å². The lowest BCUT2D eigenvalue weighted by Gasteiger charge is -2.32. The highest BCUT2D eigenvalue weighted by Crippen LogP contribution is 2.21. The first kappa shape index (κ1) is 18.9. The highest BCUT2D eigenvalue weighted by atomic mass is 16.2. The number of piperidine rings is 1. The van der Waals surface area contributed by atoms with Gasteiger partial charge >= 0.3 is 0 Å². The standard InChI is InChI=1S/C23H29N3O2/c1-17-6-8-18(9-7-17)14-22(27)25-12-10-19(11-13-25)16-26-23(28)15-20-4-2-3-5-21(20)24-26/h6-9,15,19H,2-5,10-14,16H2,1H3. The maximum absolute atomic E-state index is 12.6. The Kier molecular flexibility index (Phi) is 5.60. The van der Waals surface area contributed by atoms with Crippen molar-refractivity contribution >= 4 is 5.91 Å². The van der Waals surface area contributed by atoms with E-state index < -0.39 is 0 Å². The number of aromatic nitrogens is 2. The zero-order chi connectivity index (χ0) is 19.5. The second-order valence-electron chi connectivity index (χ2n) is 8.33. The van der Waals surface area contributed by atoms with Crippen molar-refractivity contribution in [1.29, 1.82) is 0 Å². The molecule has 0 atom stereocenters. The number of amides is 1. The van der Waals surface area contributed by atoms with Crippen molar-refractivity contribution in [2.75, 3.05) is 13.1 Å². The molecule has 0 unspecified atom stereocenters. The van der Waals surface area contributed by atoms with E-state index in [9.17, 15) is 9.59 Å². The number of aryl methyl sites for hydroxylation is 3. The van der Waals surface area contributed by atoms with E-state index in [2.05, 4.69) is 24.2 Å². The first-order chi connectivity index (χ1) is 13.6. The predicted octanol–water partition coefficient (Wildman–Crippen LogP) is 2.91. The van der Waals surface area contributed by atoms with Gasteiger partial charge in [0.25, 0.3) is 5.56 Å². The first-order valence-corrected chi connectivity index (χ1v) is 10.5. The molecule has 2 aliphatic rings. The van der Waals surface area contributed by atoms with Gasteiger partial charge in [-0.3, -0.25) is 9.59 Å². The number of likely N-dealkylation sites (tertiary alicyclic amines) is 1. The van der Waals surface area contributed by atoms with Crippen LogP contribution >= 0.6 is 0 Å². The van der Waals surface area contributed by atoms with Gasteiger partial charge in [-0.15, -0.1) is 0 Å². The third-order valence-corrected chi connectivity index (χ3v) is 6.15. The number of carbonyl (C=O) groups is 1. The third kappa shape index (κ3) is 4.34. The summed E-state index contributed by atoms with van der Waals surface area (Å²) in [4.78, 5) is 27.0. The van der Waals surface area contributed by atoms with Gasteiger partial charge in [0.2, 0.25) is 5.91 Å². The van der Waals surface area contributed by atoms with Gasteiger partial charge < -0.3 is 4.90 Å². The minimum absolute atomic E-state index is 0.0264. The lowest BCUT2D eigenvalue weighted by atomic mass is 9.95. The zero-order valence-corrected chi connectivity index (χ0v) is 16.7. The largest absolute Gasteiger partial charge is 0.342 e. The zero-order valence-electron chi connectivity index (χ0n) is 16.7. The molecule has 5 heteroatoms. The molecule has 0 bridgehead atoms. The van der Waals surface area contributed by atoms with Crippen molar-refractivity contribution in [3.05, 3.63) is 63.1 Å². The molecule has 0 spiro atoms. The Morgan fingerprint density at radius 2 is 1.82 bits per heavy atom. The van der Waals surface area contributed by atoms with Crippen molar-refractivity contribution in [3.8, 4) is 0 Å². The molecule has 0 saturated carbocycles. The van der Waals surface area contributed by atoms with Crippen LogP contribution in [0.3, 0.4) is 0 Å². The van der Waals surface area contributed by atoms with Gasteiger partial charge in [0, 0.05) is 25.7 Å². The minimum atomic E-state index is 0.0264. The van der Waals surface area contributed by atoms with Crippen LogP contribution in [0, 0.1) is 12.8 Å². The SMILES string of the molecule is Cc1ccc(CC(=O)N2CCC(Cn3nc4c(cc3=O)CCCC4)CC2)cc1. The molecule has 2 aromatic rings. The van der Waals surface area contributed by atoms with E-state index in [1.54, 1.807) is 10.7 Å². The normalized spacial score (nSPS) is 17.4. The molecule has 0 N–H and O–H groups in total. The second kappa shape index (κ2) is 8.29. The average Bonchev–Trinajstić information content (AvgIpc) is 2.71. The Morgan fingerprint density at radius 3 is 2.57 bits per heavy atom. The Labute approximate surface area is 166 Å². The van der Waals surface area contributed by atoms with Gasteiger partial charge in [0.05, 0.1) is 12.1 Å². The van der Waals surface area contributed by atoms with Crippen molar-refractivity contribution < 1.29 is 4.79 Å². The fraction of sp³-hybridized carbons (Fsp3) is 0.522. The van der Waals surface area contributed by atoms with Crippen LogP contribution in [0.25, 0.3) is 0 Å². The van der Waals surface area contributed by atoms with Crippen molar-refractivity contribution in [1.82, 2.24) is 14.7 Å². The van der Waals surface area contributed by atoms with Gasteiger partial charge in [0.15, 0.2) is 0 Å². The second-order valence-corrected chi connectivity index (χ2v) is 8.33. The summed E-state index contributed by atoms with van der Waals surface area (Å²) in [7, 11) is 0. The minimum Gasteiger partial charge on any atom is -0.342 e. The number of carbonyl (C=O) groups excluding carboxylic acids is 1. The van der Waals surface area contributed by atoms with Crippen LogP contribution in [0.4, 0.5) is 0 Å². The molecule has 148 valence electrons. The Bertz CT molecular complexity index is 893. The van der Waals surface area contributed by atoms with Gasteiger partial charge in [-0.25, -0.2) is 4.68 Å². The summed E-state index contributed by atoms with van der Waals surface area (Å²) >= 11 is 0. The molecule has 0 radical (unpaired) electrons. The Morgan fingerprint density at radius 1 is 1.11 bits per heavy atom. The highest BCUT2D eigenvalue weighted by Gasteiger charge is 2.24. The van der Waals surface area contributed by atoms with Crippen LogP contribution < -0.4 is 5.56 Å². The summed E-state index contributed by atoms with van der Waals surface area (Å²) in [5.41, 5.74) is 4.56. The quantitative estimate of drug-likeness (QED) is 0.821. The molecule has 1 aliphatic heterocycles. The number of rotatable bonds is 4. The lowest BCUT2D eigenvalue weighted by molar-refractivity contribution is -0.131. The number of benzene rings is 1. The molecule has 4 rings (SSSR count). The average molecular weight is 380 g/mol. The molecule has 1 amide bonds. The summed E-state index contributed by atoms with van der Waals surface area (Å²) in [5.74, 6) is 0.613. The topological polar surface area (TPSA) is 55.2 Å². The lowest BCUT2D eigenvalue weighted by Crippen LogP contribution is -2.41. The van der Waals surface area contributed by atoms with E-state index in [0.29, 0.717) is 18.9 Å². The summed E-state index contributed by atoms with van der Waals surface area (Å²) < 4.78 is 1.67. The fourth-order valence-electron chi connectivity index (χ4n) is 4.33. The molecular formula is C23H29N3O2. The summed E-state index contributed by atoms with van der Waals surface area (Å²) in [6.45, 7) is 4.27. The number of hydrogen-bond donors (Lipinski definition) is 0. The first-order valence-electron chi connectivity index (χ1n) is 10.5. The summed E-state index contributed by atoms with van der Waals surface area (Å²) in [5, 5.41) is 4.65. The third-order valence-electron chi connectivity index (χ3n) is 6.15. The van der Waals surface area contributed by atoms with E-state index >= 15 is 0 Å². The van der Waals surface area contributed by atoms with E-state index in [-0.39, 0.29) is 11.5 Å². The fourth-order valence-corrected chi connectivity index (χ4v) is 4.33. The number of hydrogen-bond acceptors (Lipinski definition) is 3. The van der Waals surface area contributed by atoms with Crippen molar-refractivity contribution in [2.24, 2.45) is 5.92 Å². The van der Waals surface area contributed by atoms with E-state index in [1.807, 2.05) is 17.0 Å².